The van der Waals surface area contributed by atoms with Crippen LogP contribution in [0.15, 0.2) is 78.9 Å². The number of aryl methyl sites for hydroxylation is 3. The van der Waals surface area contributed by atoms with Crippen molar-refractivity contribution in [3.05, 3.63) is 107 Å². The molecule has 0 aliphatic heterocycles. The van der Waals surface area contributed by atoms with Gasteiger partial charge in [0.05, 0.1) is 0 Å². The Morgan fingerprint density at radius 3 is 1.93 bits per heavy atom. The molecule has 1 aliphatic rings. The first-order valence-corrected chi connectivity index (χ1v) is 10.8. The topological polar surface area (TPSA) is 0 Å². The van der Waals surface area contributed by atoms with E-state index in [-0.39, 0.29) is 5.41 Å². The van der Waals surface area contributed by atoms with Crippen LogP contribution in [0.1, 0.15) is 41.7 Å². The molecule has 5 rings (SSSR count). The van der Waals surface area contributed by atoms with E-state index in [0.29, 0.717) is 0 Å². The Labute approximate surface area is 180 Å². The summed E-state index contributed by atoms with van der Waals surface area (Å²) in [5, 5.41) is 0. The van der Waals surface area contributed by atoms with E-state index in [0.717, 1.165) is 0 Å². The molecule has 0 N–H and O–H groups in total. The lowest BCUT2D eigenvalue weighted by atomic mass is 9.81. The maximum Gasteiger partial charge on any atom is 0.0158 e. The Morgan fingerprint density at radius 2 is 1.17 bits per heavy atom. The maximum absolute atomic E-state index is 2.43. The predicted octanol–water partition coefficient (Wildman–Crippen LogP) is 8.25. The highest BCUT2D eigenvalue weighted by Crippen LogP contribution is 2.50. The van der Waals surface area contributed by atoms with Crippen molar-refractivity contribution in [1.29, 1.82) is 0 Å². The minimum Gasteiger partial charge on any atom is -0.0619 e. The molecule has 0 atom stereocenters. The average Bonchev–Trinajstić information content (AvgIpc) is 2.96. The Balaban J connectivity index is 1.70. The van der Waals surface area contributed by atoms with Gasteiger partial charge < -0.3 is 0 Å². The molecule has 0 heterocycles. The van der Waals surface area contributed by atoms with Gasteiger partial charge in [-0.3, -0.25) is 0 Å². The molecule has 4 aromatic rings. The first-order chi connectivity index (χ1) is 14.4. The van der Waals surface area contributed by atoms with Gasteiger partial charge in [-0.15, -0.1) is 0 Å². The summed E-state index contributed by atoms with van der Waals surface area (Å²) < 4.78 is 0. The third-order valence-electron chi connectivity index (χ3n) is 6.84. The number of hydrogen-bond acceptors (Lipinski definition) is 0. The van der Waals surface area contributed by atoms with Crippen molar-refractivity contribution in [2.75, 3.05) is 0 Å². The maximum atomic E-state index is 2.43. The Kier molecular flexibility index (Phi) is 4.22. The Morgan fingerprint density at radius 1 is 0.500 bits per heavy atom. The van der Waals surface area contributed by atoms with E-state index in [2.05, 4.69) is 113 Å². The summed E-state index contributed by atoms with van der Waals surface area (Å²) in [6.07, 6.45) is 0. The van der Waals surface area contributed by atoms with Crippen molar-refractivity contribution < 1.29 is 0 Å². The quantitative estimate of drug-likeness (QED) is 0.324. The zero-order valence-electron chi connectivity index (χ0n) is 18.5. The van der Waals surface area contributed by atoms with Crippen LogP contribution < -0.4 is 0 Å². The molecule has 0 fully saturated rings. The molecule has 0 nitrogen and oxygen atoms in total. The smallest absolute Gasteiger partial charge is 0.0158 e. The van der Waals surface area contributed by atoms with E-state index in [4.69, 9.17) is 0 Å². The lowest BCUT2D eigenvalue weighted by Crippen LogP contribution is -2.15. The second-order valence-electron chi connectivity index (χ2n) is 9.28. The SMILES string of the molecule is Cc1ccc(-c2ccc(C)c(-c3cc4c(cc3C)C(C)(C)c3ccccc3-4)c2)cc1. The van der Waals surface area contributed by atoms with Crippen LogP contribution in [0.3, 0.4) is 0 Å². The Bertz CT molecular complexity index is 1270. The fraction of sp³-hybridized carbons (Fsp3) is 0.200. The average molecular weight is 389 g/mol. The van der Waals surface area contributed by atoms with Crippen molar-refractivity contribution in [2.45, 2.75) is 40.0 Å². The van der Waals surface area contributed by atoms with Crippen LogP contribution in [-0.2, 0) is 5.41 Å². The normalized spacial score (nSPS) is 13.8. The molecule has 148 valence electrons. The van der Waals surface area contributed by atoms with Gasteiger partial charge in [0.15, 0.2) is 0 Å². The molecule has 0 radical (unpaired) electrons. The van der Waals surface area contributed by atoms with E-state index in [9.17, 15) is 0 Å². The lowest BCUT2D eigenvalue weighted by molar-refractivity contribution is 0.660. The van der Waals surface area contributed by atoms with Gasteiger partial charge in [-0.25, -0.2) is 0 Å². The molecule has 0 spiro atoms. The predicted molar refractivity (Wildman–Crippen MR) is 129 cm³/mol. The van der Waals surface area contributed by atoms with Gasteiger partial charge in [-0.1, -0.05) is 86.1 Å². The van der Waals surface area contributed by atoms with Crippen LogP contribution in [-0.4, -0.2) is 0 Å². The second-order valence-corrected chi connectivity index (χ2v) is 9.28. The highest BCUT2D eigenvalue weighted by Gasteiger charge is 2.35. The second kappa shape index (κ2) is 6.71. The third-order valence-corrected chi connectivity index (χ3v) is 6.84. The van der Waals surface area contributed by atoms with Gasteiger partial charge in [0, 0.05) is 5.41 Å². The van der Waals surface area contributed by atoms with Crippen molar-refractivity contribution in [3.63, 3.8) is 0 Å². The van der Waals surface area contributed by atoms with Crippen LogP contribution in [0, 0.1) is 20.8 Å². The van der Waals surface area contributed by atoms with E-state index in [1.807, 2.05) is 0 Å². The summed E-state index contributed by atoms with van der Waals surface area (Å²) >= 11 is 0. The zero-order valence-corrected chi connectivity index (χ0v) is 18.5. The standard InChI is InChI=1S/C30H28/c1-19-10-13-22(14-11-19)23-15-12-20(2)25(17-23)26-18-27-24-8-6-7-9-28(24)30(4,5)29(27)16-21(26)3/h6-18H,1-5H3. The van der Waals surface area contributed by atoms with Crippen molar-refractivity contribution in [1.82, 2.24) is 0 Å². The fourth-order valence-electron chi connectivity index (χ4n) is 4.98. The van der Waals surface area contributed by atoms with Crippen LogP contribution in [0.5, 0.6) is 0 Å². The molecular weight excluding hydrogens is 360 g/mol. The lowest BCUT2D eigenvalue weighted by Gasteiger charge is -2.22. The summed E-state index contributed by atoms with van der Waals surface area (Å²) in [7, 11) is 0. The summed E-state index contributed by atoms with van der Waals surface area (Å²) in [6, 6.07) is 29.4. The zero-order chi connectivity index (χ0) is 21.0. The molecule has 0 bridgehead atoms. The number of hydrogen-bond donors (Lipinski definition) is 0. The van der Waals surface area contributed by atoms with Gasteiger partial charge in [0.1, 0.15) is 0 Å². The molecule has 0 aromatic heterocycles. The molecule has 0 saturated carbocycles. The minimum absolute atomic E-state index is 0.0496. The highest BCUT2D eigenvalue weighted by atomic mass is 14.4. The summed E-state index contributed by atoms with van der Waals surface area (Å²) in [6.45, 7) is 11.3. The molecular formula is C30H28. The van der Waals surface area contributed by atoms with Gasteiger partial charge in [0.2, 0.25) is 0 Å². The summed E-state index contributed by atoms with van der Waals surface area (Å²) in [5.41, 5.74) is 14.9. The van der Waals surface area contributed by atoms with Crippen LogP contribution in [0.2, 0.25) is 0 Å². The molecule has 0 amide bonds. The van der Waals surface area contributed by atoms with E-state index in [1.54, 1.807) is 0 Å². The first kappa shape index (κ1) is 18.9. The first-order valence-electron chi connectivity index (χ1n) is 10.8. The van der Waals surface area contributed by atoms with Crippen molar-refractivity contribution in [3.8, 4) is 33.4 Å². The number of fused-ring (bicyclic) bond motifs is 3. The van der Waals surface area contributed by atoms with Gasteiger partial charge in [0.25, 0.3) is 0 Å². The van der Waals surface area contributed by atoms with Crippen molar-refractivity contribution >= 4 is 0 Å². The van der Waals surface area contributed by atoms with Gasteiger partial charge in [-0.2, -0.15) is 0 Å². The molecule has 30 heavy (non-hydrogen) atoms. The number of benzene rings is 4. The molecule has 1 aliphatic carbocycles. The van der Waals surface area contributed by atoms with E-state index < -0.39 is 0 Å². The van der Waals surface area contributed by atoms with E-state index >= 15 is 0 Å². The third kappa shape index (κ3) is 2.82. The van der Waals surface area contributed by atoms with E-state index in [1.165, 1.54) is 61.2 Å². The largest absolute Gasteiger partial charge is 0.0619 e. The monoisotopic (exact) mass is 388 g/mol. The fourth-order valence-corrected chi connectivity index (χ4v) is 4.98. The van der Waals surface area contributed by atoms with Crippen LogP contribution >= 0.6 is 0 Å². The van der Waals surface area contributed by atoms with Crippen LogP contribution in [0.25, 0.3) is 33.4 Å². The van der Waals surface area contributed by atoms with Gasteiger partial charge in [-0.05, 0) is 88.5 Å². The summed E-state index contributed by atoms with van der Waals surface area (Å²) in [5.74, 6) is 0. The highest BCUT2D eigenvalue weighted by molar-refractivity contribution is 5.87. The molecule has 0 saturated heterocycles. The molecule has 4 aromatic carbocycles. The Hall–Kier alpha value is -3.12. The number of rotatable bonds is 2. The van der Waals surface area contributed by atoms with Crippen LogP contribution in [0.4, 0.5) is 0 Å². The molecule has 0 unspecified atom stereocenters. The van der Waals surface area contributed by atoms with Gasteiger partial charge >= 0.3 is 0 Å². The minimum atomic E-state index is 0.0496. The molecule has 0 heteroatoms. The van der Waals surface area contributed by atoms with Crippen molar-refractivity contribution in [2.24, 2.45) is 0 Å². The summed E-state index contributed by atoms with van der Waals surface area (Å²) in [4.78, 5) is 0.